The number of aryl methyl sites for hydroxylation is 1. The lowest BCUT2D eigenvalue weighted by molar-refractivity contribution is 0.374. The fraction of sp³-hybridized carbons (Fsp3) is 0.385. The van der Waals surface area contributed by atoms with Crippen molar-refractivity contribution in [2.45, 2.75) is 56.7 Å². The fourth-order valence-electron chi connectivity index (χ4n) is 4.23. The van der Waals surface area contributed by atoms with Crippen LogP contribution in [0.3, 0.4) is 0 Å². The van der Waals surface area contributed by atoms with Gasteiger partial charge in [0.15, 0.2) is 9.84 Å². The zero-order valence-corrected chi connectivity index (χ0v) is 21.9. The average Bonchev–Trinajstić information content (AvgIpc) is 2.81. The van der Waals surface area contributed by atoms with Gasteiger partial charge in [-0.25, -0.2) is 13.4 Å². The lowest BCUT2D eigenvalue weighted by Gasteiger charge is -2.34. The van der Waals surface area contributed by atoms with E-state index >= 15 is 0 Å². The van der Waals surface area contributed by atoms with Crippen molar-refractivity contribution in [3.05, 3.63) is 59.3 Å². The zero-order chi connectivity index (χ0) is 25.4. The third kappa shape index (κ3) is 4.97. The van der Waals surface area contributed by atoms with Gasteiger partial charge in [-0.05, 0) is 83.0 Å². The summed E-state index contributed by atoms with van der Waals surface area (Å²) in [5.74, 6) is 1.61. The minimum absolute atomic E-state index is 0.138. The lowest BCUT2D eigenvalue weighted by atomic mass is 9.85. The predicted octanol–water partition coefficient (Wildman–Crippen LogP) is 4.84. The summed E-state index contributed by atoms with van der Waals surface area (Å²) in [4.78, 5) is 9.34. The number of nitrogens with one attached hydrogen (secondary N) is 3. The fourth-order valence-corrected chi connectivity index (χ4v) is 5.44. The summed E-state index contributed by atoms with van der Waals surface area (Å²) in [5.41, 5.74) is 4.37. The molecule has 3 N–H and O–H groups in total. The van der Waals surface area contributed by atoms with Crippen molar-refractivity contribution in [1.29, 1.82) is 0 Å². The second kappa shape index (κ2) is 9.47. The van der Waals surface area contributed by atoms with E-state index in [1.165, 1.54) is 11.1 Å². The Morgan fingerprint density at radius 3 is 2.57 bits per heavy atom. The monoisotopic (exact) mass is 495 g/mol. The van der Waals surface area contributed by atoms with Gasteiger partial charge in [-0.3, -0.25) is 0 Å². The van der Waals surface area contributed by atoms with Crippen molar-refractivity contribution in [2.24, 2.45) is 0 Å². The smallest absolute Gasteiger partial charge is 0.229 e. The topological polar surface area (TPSA) is 105 Å². The van der Waals surface area contributed by atoms with Crippen molar-refractivity contribution in [3.63, 3.8) is 0 Å². The van der Waals surface area contributed by atoms with E-state index in [1.807, 2.05) is 6.92 Å². The number of nitrogens with zero attached hydrogens (tertiary/aromatic N) is 2. The van der Waals surface area contributed by atoms with Crippen LogP contribution < -0.4 is 20.7 Å². The van der Waals surface area contributed by atoms with Crippen LogP contribution in [0.2, 0.25) is 0 Å². The summed E-state index contributed by atoms with van der Waals surface area (Å²) in [7, 11) is -1.83. The Labute approximate surface area is 207 Å². The molecule has 8 nitrogen and oxygen atoms in total. The average molecular weight is 496 g/mol. The molecule has 0 amide bonds. The van der Waals surface area contributed by atoms with Gasteiger partial charge in [0.25, 0.3) is 0 Å². The van der Waals surface area contributed by atoms with Crippen LogP contribution in [0.25, 0.3) is 0 Å². The maximum absolute atomic E-state index is 12.9. The summed E-state index contributed by atoms with van der Waals surface area (Å²) < 4.78 is 31.4. The standard InChI is InChI=1S/C26H33N5O3S/c1-16(2)35(32,33)23-10-8-7-9-20(23)29-24-17(3)15-27-25(31-24)30-21-13-18-11-12-28-26(4,5)19(18)14-22(21)34-6/h7-10,13-16,28H,11-12H2,1-6H3,(H2,27,29,30,31). The van der Waals surface area contributed by atoms with Crippen LogP contribution >= 0.6 is 0 Å². The number of aromatic nitrogens is 2. The molecule has 2 aromatic carbocycles. The largest absolute Gasteiger partial charge is 0.495 e. The molecule has 9 heteroatoms. The Hall–Kier alpha value is -3.17. The van der Waals surface area contributed by atoms with E-state index in [1.54, 1.807) is 51.4 Å². The third-order valence-corrected chi connectivity index (χ3v) is 8.56. The number of benzene rings is 2. The molecule has 1 aliphatic rings. The number of methoxy groups -OCH3 is 1. The molecule has 0 bridgehead atoms. The molecule has 0 atom stereocenters. The van der Waals surface area contributed by atoms with Crippen molar-refractivity contribution in [2.75, 3.05) is 24.3 Å². The summed E-state index contributed by atoms with van der Waals surface area (Å²) in [6.07, 6.45) is 2.62. The molecule has 35 heavy (non-hydrogen) atoms. The number of fused-ring (bicyclic) bond motifs is 1. The van der Waals surface area contributed by atoms with Gasteiger partial charge in [-0.1, -0.05) is 12.1 Å². The quantitative estimate of drug-likeness (QED) is 0.427. The first-order valence-corrected chi connectivity index (χ1v) is 13.2. The van der Waals surface area contributed by atoms with Crippen LogP contribution in [0.1, 0.15) is 44.4 Å². The molecule has 0 radical (unpaired) electrons. The maximum atomic E-state index is 12.9. The number of hydrogen-bond acceptors (Lipinski definition) is 8. The molecule has 2 heterocycles. The molecule has 1 aliphatic heterocycles. The summed E-state index contributed by atoms with van der Waals surface area (Å²) in [6.45, 7) is 10.5. The molecule has 0 saturated carbocycles. The first kappa shape index (κ1) is 24.9. The van der Waals surface area contributed by atoms with E-state index in [9.17, 15) is 8.42 Å². The Kier molecular flexibility index (Phi) is 6.75. The zero-order valence-electron chi connectivity index (χ0n) is 21.1. The highest BCUT2D eigenvalue weighted by Crippen LogP contribution is 2.37. The van der Waals surface area contributed by atoms with Crippen LogP contribution in [-0.2, 0) is 21.8 Å². The van der Waals surface area contributed by atoms with Crippen LogP contribution in [0, 0.1) is 6.92 Å². The molecule has 0 spiro atoms. The normalized spacial score (nSPS) is 14.9. The molecule has 4 rings (SSSR count). The number of para-hydroxylation sites is 1. The molecule has 3 aromatic rings. The molecule has 0 fully saturated rings. The highest BCUT2D eigenvalue weighted by Gasteiger charge is 2.28. The Morgan fingerprint density at radius 1 is 1.11 bits per heavy atom. The first-order valence-electron chi connectivity index (χ1n) is 11.7. The maximum Gasteiger partial charge on any atom is 0.229 e. The molecular formula is C26H33N5O3S. The summed E-state index contributed by atoms with van der Waals surface area (Å²) in [6, 6.07) is 11.0. The second-order valence-corrected chi connectivity index (χ2v) is 12.0. The number of anilines is 4. The van der Waals surface area contributed by atoms with E-state index in [4.69, 9.17) is 4.74 Å². The van der Waals surface area contributed by atoms with Crippen LogP contribution in [0.4, 0.5) is 23.1 Å². The lowest BCUT2D eigenvalue weighted by Crippen LogP contribution is -2.42. The van der Waals surface area contributed by atoms with Crippen molar-refractivity contribution < 1.29 is 13.2 Å². The van der Waals surface area contributed by atoms with E-state index in [0.29, 0.717) is 23.2 Å². The Bertz CT molecular complexity index is 1350. The minimum atomic E-state index is -3.47. The minimum Gasteiger partial charge on any atom is -0.495 e. The SMILES string of the molecule is COc1cc2c(cc1Nc1ncc(C)c(Nc3ccccc3S(=O)(=O)C(C)C)n1)CCNC2(C)C. The van der Waals surface area contributed by atoms with Crippen LogP contribution in [-0.4, -0.2) is 37.3 Å². The van der Waals surface area contributed by atoms with Gasteiger partial charge in [0, 0.05) is 17.3 Å². The van der Waals surface area contributed by atoms with E-state index < -0.39 is 15.1 Å². The molecule has 186 valence electrons. The Balaban J connectivity index is 1.68. The van der Waals surface area contributed by atoms with E-state index in [0.717, 1.165) is 24.2 Å². The summed E-state index contributed by atoms with van der Waals surface area (Å²) in [5, 5.41) is 9.50. The number of sulfone groups is 1. The number of ether oxygens (including phenoxy) is 1. The van der Waals surface area contributed by atoms with Gasteiger partial charge < -0.3 is 20.7 Å². The van der Waals surface area contributed by atoms with Crippen molar-refractivity contribution in [3.8, 4) is 5.75 Å². The third-order valence-electron chi connectivity index (χ3n) is 6.35. The van der Waals surface area contributed by atoms with Gasteiger partial charge in [0.05, 0.1) is 28.6 Å². The number of hydrogen-bond donors (Lipinski definition) is 3. The summed E-state index contributed by atoms with van der Waals surface area (Å²) >= 11 is 0. The molecular weight excluding hydrogens is 462 g/mol. The number of rotatable bonds is 7. The van der Waals surface area contributed by atoms with Gasteiger partial charge in [-0.15, -0.1) is 0 Å². The molecule has 1 aromatic heterocycles. The van der Waals surface area contributed by atoms with Gasteiger partial charge in [0.2, 0.25) is 5.95 Å². The molecule has 0 unspecified atom stereocenters. The molecule has 0 aliphatic carbocycles. The highest BCUT2D eigenvalue weighted by atomic mass is 32.2. The van der Waals surface area contributed by atoms with E-state index in [-0.39, 0.29) is 10.4 Å². The second-order valence-electron chi connectivity index (χ2n) is 9.58. The predicted molar refractivity (Wildman–Crippen MR) is 140 cm³/mol. The van der Waals surface area contributed by atoms with E-state index in [2.05, 4.69) is 51.9 Å². The molecule has 0 saturated heterocycles. The van der Waals surface area contributed by atoms with Crippen molar-refractivity contribution in [1.82, 2.24) is 15.3 Å². The first-order chi connectivity index (χ1) is 16.5. The van der Waals surface area contributed by atoms with Gasteiger partial charge >= 0.3 is 0 Å². The van der Waals surface area contributed by atoms with Gasteiger partial charge in [-0.2, -0.15) is 4.98 Å². The highest BCUT2D eigenvalue weighted by molar-refractivity contribution is 7.92. The van der Waals surface area contributed by atoms with Crippen LogP contribution in [0.5, 0.6) is 5.75 Å². The van der Waals surface area contributed by atoms with Crippen LogP contribution in [0.15, 0.2) is 47.5 Å². The van der Waals surface area contributed by atoms with Crippen molar-refractivity contribution >= 4 is 33.0 Å². The van der Waals surface area contributed by atoms with Gasteiger partial charge in [0.1, 0.15) is 11.6 Å². The Morgan fingerprint density at radius 2 is 1.86 bits per heavy atom.